The Balaban J connectivity index is 2.30. The summed E-state index contributed by atoms with van der Waals surface area (Å²) in [7, 11) is -2.43. The van der Waals surface area contributed by atoms with Gasteiger partial charge in [0, 0.05) is 25.0 Å². The highest BCUT2D eigenvalue weighted by Gasteiger charge is 2.33. The summed E-state index contributed by atoms with van der Waals surface area (Å²) in [5, 5.41) is 2.91. The van der Waals surface area contributed by atoms with Crippen LogP contribution in [-0.4, -0.2) is 56.6 Å². The molecule has 0 aromatic heterocycles. The number of carbonyl (C=O) groups excluding carboxylic acids is 2. The number of hydrogen-bond acceptors (Lipinski definition) is 5. The van der Waals surface area contributed by atoms with Crippen molar-refractivity contribution >= 4 is 27.5 Å². The van der Waals surface area contributed by atoms with E-state index < -0.39 is 39.3 Å². The lowest BCUT2D eigenvalue weighted by Gasteiger charge is -2.33. The Morgan fingerprint density at radius 2 is 1.70 bits per heavy atom. The Bertz CT molecular complexity index is 1280. The van der Waals surface area contributed by atoms with E-state index in [1.165, 1.54) is 18.1 Å². The highest BCUT2D eigenvalue weighted by atomic mass is 32.2. The number of amides is 2. The maximum Gasteiger partial charge on any atom is 0.416 e. The molecule has 0 saturated carbocycles. The molecule has 222 valence electrons. The van der Waals surface area contributed by atoms with E-state index in [9.17, 15) is 31.2 Å². The molecule has 2 aromatic rings. The van der Waals surface area contributed by atoms with Crippen molar-refractivity contribution in [3.63, 3.8) is 0 Å². The van der Waals surface area contributed by atoms with E-state index >= 15 is 0 Å². The number of sulfonamides is 1. The molecule has 40 heavy (non-hydrogen) atoms. The van der Waals surface area contributed by atoms with Crippen molar-refractivity contribution in [2.24, 2.45) is 0 Å². The van der Waals surface area contributed by atoms with Gasteiger partial charge in [0.1, 0.15) is 11.8 Å². The van der Waals surface area contributed by atoms with Gasteiger partial charge in [0.25, 0.3) is 0 Å². The van der Waals surface area contributed by atoms with Crippen LogP contribution in [0, 0.1) is 0 Å². The number of rotatable bonds is 12. The number of nitrogens with zero attached hydrogens (tertiary/aromatic N) is 2. The fraction of sp³-hybridized carbons (Fsp3) is 0.500. The first-order valence-corrected chi connectivity index (χ1v) is 14.7. The zero-order chi connectivity index (χ0) is 30.3. The number of methoxy groups -OCH3 is 1. The molecule has 0 fully saturated rings. The molecule has 0 bridgehead atoms. The molecule has 2 amide bonds. The molecular formula is C28H38F3N3O5S. The standard InChI is InChI=1S/C28H38F3N3O5S/c1-7-24(26(36)32-27(2,3)4)33(19-20-11-8-14-23(17-20)39-5)25(35)15-10-16-34(40(6,37)38)22-13-9-12-21(18-22)28(29,30)31/h8-9,11-14,17-18,24H,7,10,15-16,19H2,1-6H3,(H,32,36)/t24-/m1/s1. The molecule has 2 rings (SSSR count). The molecule has 0 heterocycles. The van der Waals surface area contributed by atoms with Crippen molar-refractivity contribution in [2.75, 3.05) is 24.2 Å². The molecule has 0 aliphatic heterocycles. The van der Waals surface area contributed by atoms with Gasteiger partial charge < -0.3 is 15.0 Å². The quantitative estimate of drug-likeness (QED) is 0.379. The molecule has 0 aliphatic rings. The molecule has 0 spiro atoms. The number of halogens is 3. The molecule has 0 unspecified atom stereocenters. The minimum atomic E-state index is -4.64. The van der Waals surface area contributed by atoms with Crippen LogP contribution in [0.1, 0.15) is 58.1 Å². The van der Waals surface area contributed by atoms with Crippen molar-refractivity contribution < 1.29 is 35.9 Å². The maximum atomic E-state index is 13.5. The van der Waals surface area contributed by atoms with Gasteiger partial charge >= 0.3 is 6.18 Å². The molecular weight excluding hydrogens is 547 g/mol. The summed E-state index contributed by atoms with van der Waals surface area (Å²) in [5.41, 5.74) is -0.920. The van der Waals surface area contributed by atoms with Crippen LogP contribution in [0.25, 0.3) is 0 Å². The van der Waals surface area contributed by atoms with Gasteiger partial charge in [0.15, 0.2) is 0 Å². The zero-order valence-electron chi connectivity index (χ0n) is 23.7. The third kappa shape index (κ3) is 9.72. The van der Waals surface area contributed by atoms with E-state index in [0.717, 1.165) is 34.3 Å². The largest absolute Gasteiger partial charge is 0.497 e. The number of nitrogens with one attached hydrogen (secondary N) is 1. The minimum Gasteiger partial charge on any atom is -0.497 e. The van der Waals surface area contributed by atoms with Gasteiger partial charge in [-0.15, -0.1) is 0 Å². The van der Waals surface area contributed by atoms with Gasteiger partial charge in [0.05, 0.1) is 24.6 Å². The Morgan fingerprint density at radius 1 is 1.05 bits per heavy atom. The normalized spacial score (nSPS) is 12.9. The van der Waals surface area contributed by atoms with Crippen LogP contribution < -0.4 is 14.4 Å². The monoisotopic (exact) mass is 585 g/mol. The third-order valence-electron chi connectivity index (χ3n) is 5.98. The van der Waals surface area contributed by atoms with Gasteiger partial charge in [-0.25, -0.2) is 8.42 Å². The predicted octanol–water partition coefficient (Wildman–Crippen LogP) is 4.98. The summed E-state index contributed by atoms with van der Waals surface area (Å²) in [6.45, 7) is 7.18. The first kappa shape index (κ1) is 32.9. The smallest absolute Gasteiger partial charge is 0.416 e. The number of ether oxygens (including phenoxy) is 1. The van der Waals surface area contributed by atoms with Crippen molar-refractivity contribution in [3.8, 4) is 5.75 Å². The lowest BCUT2D eigenvalue weighted by atomic mass is 10.0. The van der Waals surface area contributed by atoms with Gasteiger partial charge in [-0.1, -0.05) is 25.1 Å². The Hall–Kier alpha value is -3.28. The summed E-state index contributed by atoms with van der Waals surface area (Å²) in [6.07, 6.45) is -3.52. The van der Waals surface area contributed by atoms with E-state index in [4.69, 9.17) is 4.74 Å². The Kier molecular flexibility index (Phi) is 11.0. The van der Waals surface area contributed by atoms with Gasteiger partial charge in [-0.2, -0.15) is 13.2 Å². The van der Waals surface area contributed by atoms with E-state index in [0.29, 0.717) is 12.2 Å². The molecule has 0 radical (unpaired) electrons. The first-order valence-electron chi connectivity index (χ1n) is 12.9. The third-order valence-corrected chi connectivity index (χ3v) is 7.18. The van der Waals surface area contributed by atoms with Crippen molar-refractivity contribution in [1.82, 2.24) is 10.2 Å². The molecule has 2 aromatic carbocycles. The van der Waals surface area contributed by atoms with Gasteiger partial charge in [-0.05, 0) is 69.5 Å². The molecule has 1 atom stereocenters. The highest BCUT2D eigenvalue weighted by Crippen LogP contribution is 2.32. The highest BCUT2D eigenvalue weighted by molar-refractivity contribution is 7.92. The van der Waals surface area contributed by atoms with Crippen molar-refractivity contribution in [2.45, 2.75) is 71.3 Å². The van der Waals surface area contributed by atoms with E-state index in [1.54, 1.807) is 31.2 Å². The van der Waals surface area contributed by atoms with Gasteiger partial charge in [-0.3, -0.25) is 13.9 Å². The van der Waals surface area contributed by atoms with Gasteiger partial charge in [0.2, 0.25) is 21.8 Å². The number of alkyl halides is 3. The van der Waals surface area contributed by atoms with Crippen LogP contribution in [0.2, 0.25) is 0 Å². The van der Waals surface area contributed by atoms with Crippen LogP contribution >= 0.6 is 0 Å². The van der Waals surface area contributed by atoms with Crippen LogP contribution in [0.3, 0.4) is 0 Å². The summed E-state index contributed by atoms with van der Waals surface area (Å²) in [4.78, 5) is 28.1. The molecule has 0 saturated heterocycles. The van der Waals surface area contributed by atoms with E-state index in [-0.39, 0.29) is 37.5 Å². The number of hydrogen-bond donors (Lipinski definition) is 1. The molecule has 8 nitrogen and oxygen atoms in total. The van der Waals surface area contributed by atoms with Crippen molar-refractivity contribution in [1.29, 1.82) is 0 Å². The molecule has 1 N–H and O–H groups in total. The lowest BCUT2D eigenvalue weighted by molar-refractivity contribution is -0.142. The maximum absolute atomic E-state index is 13.5. The SMILES string of the molecule is CC[C@H](C(=O)NC(C)(C)C)N(Cc1cccc(OC)c1)C(=O)CCCN(c1cccc(C(F)(F)F)c1)S(C)(=O)=O. The van der Waals surface area contributed by atoms with Crippen LogP contribution in [-0.2, 0) is 32.3 Å². The Labute approximate surface area is 234 Å². The average molecular weight is 586 g/mol. The number of benzene rings is 2. The van der Waals surface area contributed by atoms with E-state index in [2.05, 4.69) is 5.32 Å². The van der Waals surface area contributed by atoms with Crippen LogP contribution in [0.5, 0.6) is 5.75 Å². The second-order valence-electron chi connectivity index (χ2n) is 10.5. The summed E-state index contributed by atoms with van der Waals surface area (Å²) < 4.78 is 70.7. The first-order chi connectivity index (χ1) is 18.5. The number of anilines is 1. The fourth-order valence-corrected chi connectivity index (χ4v) is 5.14. The van der Waals surface area contributed by atoms with Crippen LogP contribution in [0.4, 0.5) is 18.9 Å². The lowest BCUT2D eigenvalue weighted by Crippen LogP contribution is -2.53. The van der Waals surface area contributed by atoms with Crippen molar-refractivity contribution in [3.05, 3.63) is 59.7 Å². The summed E-state index contributed by atoms with van der Waals surface area (Å²) in [5.74, 6) is -0.133. The molecule has 12 heteroatoms. The predicted molar refractivity (Wildman–Crippen MR) is 148 cm³/mol. The summed E-state index contributed by atoms with van der Waals surface area (Å²) in [6, 6.07) is 10.3. The average Bonchev–Trinajstić information content (AvgIpc) is 2.84. The van der Waals surface area contributed by atoms with Crippen LogP contribution in [0.15, 0.2) is 48.5 Å². The van der Waals surface area contributed by atoms with E-state index in [1.807, 2.05) is 20.8 Å². The molecule has 0 aliphatic carbocycles. The second kappa shape index (κ2) is 13.4. The minimum absolute atomic E-state index is 0.0219. The summed E-state index contributed by atoms with van der Waals surface area (Å²) >= 11 is 0. The fourth-order valence-electron chi connectivity index (χ4n) is 4.18. The second-order valence-corrected chi connectivity index (χ2v) is 12.4. The Morgan fingerprint density at radius 3 is 2.25 bits per heavy atom. The zero-order valence-corrected chi connectivity index (χ0v) is 24.5. The number of carbonyl (C=O) groups is 2. The topological polar surface area (TPSA) is 96.0 Å².